The number of fused-ring (bicyclic) bond motifs is 1. The van der Waals surface area contributed by atoms with E-state index in [-0.39, 0.29) is 23.6 Å². The lowest BCUT2D eigenvalue weighted by Crippen LogP contribution is -2.44. The number of nitrogens with one attached hydrogen (secondary N) is 1. The van der Waals surface area contributed by atoms with Crippen molar-refractivity contribution >= 4 is 16.9 Å². The van der Waals surface area contributed by atoms with Gasteiger partial charge >= 0.3 is 5.69 Å². The molecule has 0 saturated heterocycles. The van der Waals surface area contributed by atoms with Gasteiger partial charge in [-0.2, -0.15) is 0 Å². The molecule has 0 aliphatic carbocycles. The van der Waals surface area contributed by atoms with Crippen LogP contribution in [0.15, 0.2) is 15.8 Å². The van der Waals surface area contributed by atoms with Crippen LogP contribution in [0.3, 0.4) is 0 Å². The summed E-state index contributed by atoms with van der Waals surface area (Å²) in [5.41, 5.74) is -0.171. The molecular formula is C16H22N4O4. The summed E-state index contributed by atoms with van der Waals surface area (Å²) in [6.07, 6.45) is 2.22. The van der Waals surface area contributed by atoms with Gasteiger partial charge in [0.05, 0.1) is 7.11 Å². The van der Waals surface area contributed by atoms with Crippen LogP contribution >= 0.6 is 0 Å². The van der Waals surface area contributed by atoms with Crippen molar-refractivity contribution in [2.75, 3.05) is 7.11 Å². The molecule has 0 bridgehead atoms. The average molecular weight is 334 g/mol. The maximum absolute atomic E-state index is 12.8. The van der Waals surface area contributed by atoms with Crippen molar-refractivity contribution in [2.45, 2.75) is 39.8 Å². The Morgan fingerprint density at radius 1 is 1.38 bits per heavy atom. The molecule has 1 N–H and O–H groups in total. The van der Waals surface area contributed by atoms with Gasteiger partial charge in [-0.05, 0) is 20.3 Å². The second kappa shape index (κ2) is 6.86. The summed E-state index contributed by atoms with van der Waals surface area (Å²) >= 11 is 0. The zero-order valence-corrected chi connectivity index (χ0v) is 14.5. The SMILES string of the molecule is CCc1cnc2c(c1OC)c(=O)n(CC(=O)NC(C)C)c(=O)n2C. The quantitative estimate of drug-likeness (QED) is 0.842. The monoisotopic (exact) mass is 334 g/mol. The van der Waals surface area contributed by atoms with Gasteiger partial charge in [-0.25, -0.2) is 14.3 Å². The van der Waals surface area contributed by atoms with E-state index in [9.17, 15) is 14.4 Å². The van der Waals surface area contributed by atoms with E-state index in [1.807, 2.05) is 6.92 Å². The number of ether oxygens (including phenoxy) is 1. The molecule has 2 rings (SSSR count). The molecule has 0 aromatic carbocycles. The van der Waals surface area contributed by atoms with Gasteiger partial charge in [-0.3, -0.25) is 14.2 Å². The normalized spacial score (nSPS) is 11.1. The molecule has 2 heterocycles. The van der Waals surface area contributed by atoms with Crippen LogP contribution in [0.2, 0.25) is 0 Å². The third-order valence-corrected chi connectivity index (χ3v) is 3.72. The highest BCUT2D eigenvalue weighted by Crippen LogP contribution is 2.24. The van der Waals surface area contributed by atoms with E-state index in [4.69, 9.17) is 4.74 Å². The zero-order chi connectivity index (χ0) is 18.0. The number of nitrogens with zero attached hydrogens (tertiary/aromatic N) is 3. The molecule has 2 aromatic heterocycles. The Morgan fingerprint density at radius 3 is 2.58 bits per heavy atom. The smallest absolute Gasteiger partial charge is 0.332 e. The number of rotatable bonds is 5. The van der Waals surface area contributed by atoms with E-state index < -0.39 is 17.2 Å². The van der Waals surface area contributed by atoms with Crippen LogP contribution in [0, 0.1) is 0 Å². The van der Waals surface area contributed by atoms with E-state index >= 15 is 0 Å². The van der Waals surface area contributed by atoms with E-state index in [1.54, 1.807) is 20.0 Å². The first-order valence-corrected chi connectivity index (χ1v) is 7.76. The lowest BCUT2D eigenvalue weighted by atomic mass is 10.1. The summed E-state index contributed by atoms with van der Waals surface area (Å²) in [7, 11) is 2.98. The van der Waals surface area contributed by atoms with Crippen LogP contribution in [0.4, 0.5) is 0 Å². The standard InChI is InChI=1S/C16H22N4O4/c1-6-10-7-17-14-12(13(10)24-5)15(22)20(16(23)19(14)4)8-11(21)18-9(2)3/h7,9H,6,8H2,1-5H3,(H,18,21). The number of pyridine rings is 1. The fourth-order valence-electron chi connectivity index (χ4n) is 2.60. The van der Waals surface area contributed by atoms with E-state index in [2.05, 4.69) is 10.3 Å². The Kier molecular flexibility index (Phi) is 5.06. The predicted octanol–water partition coefficient (Wildman–Crippen LogP) is 0.191. The third kappa shape index (κ3) is 3.04. The molecule has 24 heavy (non-hydrogen) atoms. The van der Waals surface area contributed by atoms with Gasteiger partial charge < -0.3 is 10.1 Å². The lowest BCUT2D eigenvalue weighted by molar-refractivity contribution is -0.122. The summed E-state index contributed by atoms with van der Waals surface area (Å²) in [6.45, 7) is 5.18. The molecule has 0 saturated carbocycles. The molecule has 0 unspecified atom stereocenters. The summed E-state index contributed by atoms with van der Waals surface area (Å²) in [5.74, 6) is -0.0109. The maximum Gasteiger partial charge on any atom is 0.332 e. The summed E-state index contributed by atoms with van der Waals surface area (Å²) in [4.78, 5) is 41.5. The van der Waals surface area contributed by atoms with Crippen molar-refractivity contribution in [1.82, 2.24) is 19.4 Å². The number of methoxy groups -OCH3 is 1. The molecule has 8 nitrogen and oxygen atoms in total. The Morgan fingerprint density at radius 2 is 2.04 bits per heavy atom. The van der Waals surface area contributed by atoms with Gasteiger partial charge in [-0.1, -0.05) is 6.92 Å². The molecule has 0 aliphatic heterocycles. The molecule has 130 valence electrons. The van der Waals surface area contributed by atoms with Crippen molar-refractivity contribution in [1.29, 1.82) is 0 Å². The second-order valence-electron chi connectivity index (χ2n) is 5.82. The number of aromatic nitrogens is 3. The molecule has 1 amide bonds. The number of hydrogen-bond donors (Lipinski definition) is 1. The van der Waals surface area contributed by atoms with Crippen LogP contribution < -0.4 is 21.3 Å². The lowest BCUT2D eigenvalue weighted by Gasteiger charge is -2.14. The van der Waals surface area contributed by atoms with Gasteiger partial charge in [0.1, 0.15) is 17.7 Å². The van der Waals surface area contributed by atoms with E-state index in [1.165, 1.54) is 18.7 Å². The van der Waals surface area contributed by atoms with Crippen molar-refractivity contribution in [3.05, 3.63) is 32.6 Å². The van der Waals surface area contributed by atoms with Crippen LogP contribution in [0.5, 0.6) is 5.75 Å². The Balaban J connectivity index is 2.76. The first kappa shape index (κ1) is 17.7. The first-order chi connectivity index (χ1) is 11.3. The summed E-state index contributed by atoms with van der Waals surface area (Å²) in [6, 6.07) is -0.0830. The molecule has 0 aliphatic rings. The minimum Gasteiger partial charge on any atom is -0.495 e. The molecule has 0 spiro atoms. The Labute approximate surface area is 139 Å². The molecular weight excluding hydrogens is 312 g/mol. The number of carbonyl (C=O) groups excluding carboxylic acids is 1. The second-order valence-corrected chi connectivity index (χ2v) is 5.82. The van der Waals surface area contributed by atoms with Gasteiger partial charge in [0, 0.05) is 24.8 Å². The van der Waals surface area contributed by atoms with Gasteiger partial charge in [0.25, 0.3) is 5.56 Å². The molecule has 0 atom stereocenters. The van der Waals surface area contributed by atoms with Crippen LogP contribution in [0.25, 0.3) is 11.0 Å². The van der Waals surface area contributed by atoms with Gasteiger partial charge in [-0.15, -0.1) is 0 Å². The molecule has 2 aromatic rings. The number of aryl methyl sites for hydroxylation is 2. The number of hydrogen-bond acceptors (Lipinski definition) is 5. The zero-order valence-electron chi connectivity index (χ0n) is 14.5. The van der Waals surface area contributed by atoms with Gasteiger partial charge in [0.15, 0.2) is 5.65 Å². The highest BCUT2D eigenvalue weighted by Gasteiger charge is 2.20. The third-order valence-electron chi connectivity index (χ3n) is 3.72. The fourth-order valence-corrected chi connectivity index (χ4v) is 2.60. The average Bonchev–Trinajstić information content (AvgIpc) is 2.54. The van der Waals surface area contributed by atoms with Crippen molar-refractivity contribution in [3.63, 3.8) is 0 Å². The first-order valence-electron chi connectivity index (χ1n) is 7.76. The Bertz CT molecular complexity index is 896. The topological polar surface area (TPSA) is 95.2 Å². The summed E-state index contributed by atoms with van der Waals surface area (Å²) < 4.78 is 7.54. The minimum absolute atomic E-state index is 0.0830. The van der Waals surface area contributed by atoms with E-state index in [0.29, 0.717) is 12.2 Å². The number of carbonyl (C=O) groups is 1. The fraction of sp³-hybridized carbons (Fsp3) is 0.500. The maximum atomic E-state index is 12.8. The predicted molar refractivity (Wildman–Crippen MR) is 90.5 cm³/mol. The van der Waals surface area contributed by atoms with E-state index in [0.717, 1.165) is 10.1 Å². The molecule has 0 fully saturated rings. The number of amides is 1. The van der Waals surface area contributed by atoms with Crippen molar-refractivity contribution < 1.29 is 9.53 Å². The Hall–Kier alpha value is -2.64. The van der Waals surface area contributed by atoms with Crippen molar-refractivity contribution in [2.24, 2.45) is 7.05 Å². The largest absolute Gasteiger partial charge is 0.495 e. The molecule has 8 heteroatoms. The van der Waals surface area contributed by atoms with Crippen molar-refractivity contribution in [3.8, 4) is 5.75 Å². The summed E-state index contributed by atoms with van der Waals surface area (Å²) in [5, 5.41) is 2.88. The van der Waals surface area contributed by atoms with Crippen LogP contribution in [-0.2, 0) is 24.8 Å². The highest BCUT2D eigenvalue weighted by molar-refractivity contribution is 5.83. The minimum atomic E-state index is -0.592. The highest BCUT2D eigenvalue weighted by atomic mass is 16.5. The van der Waals surface area contributed by atoms with Crippen LogP contribution in [-0.4, -0.2) is 33.2 Å². The van der Waals surface area contributed by atoms with Crippen LogP contribution in [0.1, 0.15) is 26.3 Å². The van der Waals surface area contributed by atoms with Gasteiger partial charge in [0.2, 0.25) is 5.91 Å². The molecule has 0 radical (unpaired) electrons.